The Hall–Kier alpha value is -2.36. The highest BCUT2D eigenvalue weighted by Gasteiger charge is 2.21. The topological polar surface area (TPSA) is 68.0 Å². The number of primary amides is 1. The van der Waals surface area contributed by atoms with Gasteiger partial charge in [-0.15, -0.1) is 0 Å². The normalized spacial score (nSPS) is 17.0. The van der Waals surface area contributed by atoms with Crippen molar-refractivity contribution in [2.75, 3.05) is 6.54 Å². The lowest BCUT2D eigenvalue weighted by Gasteiger charge is -2.26. The minimum atomic E-state index is -0.440. The van der Waals surface area contributed by atoms with Crippen LogP contribution >= 0.6 is 0 Å². The number of aromatic nitrogens is 1. The summed E-state index contributed by atoms with van der Waals surface area (Å²) in [7, 11) is 0. The van der Waals surface area contributed by atoms with E-state index in [1.165, 1.54) is 22.3 Å². The number of hydrogen-bond donors (Lipinski definition) is 2. The third-order valence-corrected chi connectivity index (χ3v) is 4.12. The van der Waals surface area contributed by atoms with Crippen LogP contribution in [0.1, 0.15) is 17.5 Å². The number of rotatable bonds is 3. The Morgan fingerprint density at radius 2 is 2.24 bits per heavy atom. The Morgan fingerprint density at radius 1 is 1.33 bits per heavy atom. The molecule has 1 aromatic carbocycles. The van der Waals surface area contributed by atoms with E-state index in [4.69, 9.17) is 5.73 Å². The summed E-state index contributed by atoms with van der Waals surface area (Å²) < 4.78 is 0. The van der Waals surface area contributed by atoms with Crippen molar-refractivity contribution in [2.24, 2.45) is 11.7 Å². The van der Waals surface area contributed by atoms with Crippen molar-refractivity contribution in [3.05, 3.63) is 53.9 Å². The Labute approximate surface area is 124 Å². The summed E-state index contributed by atoms with van der Waals surface area (Å²) in [6, 6.07) is 10.1. The summed E-state index contributed by atoms with van der Waals surface area (Å²) in [5.41, 5.74) is 10.4. The van der Waals surface area contributed by atoms with E-state index in [1.54, 1.807) is 6.20 Å². The van der Waals surface area contributed by atoms with Crippen LogP contribution in [0.5, 0.6) is 0 Å². The lowest BCUT2D eigenvalue weighted by atomic mass is 9.80. The van der Waals surface area contributed by atoms with Gasteiger partial charge in [0.15, 0.2) is 0 Å². The van der Waals surface area contributed by atoms with Crippen LogP contribution in [-0.2, 0) is 12.8 Å². The maximum Gasteiger partial charge on any atom is 0.312 e. The number of carbonyl (C=O) groups is 1. The van der Waals surface area contributed by atoms with Crippen molar-refractivity contribution in [1.82, 2.24) is 10.3 Å². The minimum Gasteiger partial charge on any atom is -0.352 e. The molecular formula is C17H19N3O. The summed E-state index contributed by atoms with van der Waals surface area (Å²) in [6.07, 6.45) is 6.81. The summed E-state index contributed by atoms with van der Waals surface area (Å²) >= 11 is 0. The molecule has 1 unspecified atom stereocenters. The molecule has 1 aliphatic rings. The van der Waals surface area contributed by atoms with Gasteiger partial charge in [0, 0.05) is 24.5 Å². The molecule has 0 aliphatic heterocycles. The fourth-order valence-electron chi connectivity index (χ4n) is 3.09. The van der Waals surface area contributed by atoms with E-state index in [9.17, 15) is 4.79 Å². The molecule has 4 nitrogen and oxygen atoms in total. The van der Waals surface area contributed by atoms with Crippen LogP contribution in [0.25, 0.3) is 11.1 Å². The summed E-state index contributed by atoms with van der Waals surface area (Å²) in [5.74, 6) is 0.467. The molecule has 0 radical (unpaired) electrons. The fraction of sp³-hybridized carbons (Fsp3) is 0.294. The quantitative estimate of drug-likeness (QED) is 0.907. The molecule has 0 spiro atoms. The van der Waals surface area contributed by atoms with Crippen LogP contribution < -0.4 is 11.1 Å². The molecule has 2 aromatic rings. The van der Waals surface area contributed by atoms with Gasteiger partial charge in [0.25, 0.3) is 0 Å². The van der Waals surface area contributed by atoms with E-state index >= 15 is 0 Å². The Bertz CT molecular complexity index is 640. The predicted molar refractivity (Wildman–Crippen MR) is 82.8 cm³/mol. The van der Waals surface area contributed by atoms with E-state index < -0.39 is 6.03 Å². The third kappa shape index (κ3) is 3.05. The molecule has 1 aromatic heterocycles. The van der Waals surface area contributed by atoms with Crippen molar-refractivity contribution < 1.29 is 4.79 Å². The minimum absolute atomic E-state index is 0.440. The molecule has 0 saturated carbocycles. The van der Waals surface area contributed by atoms with Crippen molar-refractivity contribution in [3.8, 4) is 11.1 Å². The molecule has 21 heavy (non-hydrogen) atoms. The third-order valence-electron chi connectivity index (χ3n) is 4.12. The van der Waals surface area contributed by atoms with Gasteiger partial charge in [-0.2, -0.15) is 0 Å². The van der Waals surface area contributed by atoms with Crippen LogP contribution in [0.3, 0.4) is 0 Å². The van der Waals surface area contributed by atoms with E-state index in [1.807, 2.05) is 12.3 Å². The number of benzene rings is 1. The molecule has 0 bridgehead atoms. The lowest BCUT2D eigenvalue weighted by molar-refractivity contribution is 0.246. The zero-order chi connectivity index (χ0) is 14.7. The molecule has 0 fully saturated rings. The van der Waals surface area contributed by atoms with E-state index in [-0.39, 0.29) is 0 Å². The number of carbonyl (C=O) groups excluding carboxylic acids is 1. The lowest BCUT2D eigenvalue weighted by Crippen LogP contribution is -2.35. The first-order valence-electron chi connectivity index (χ1n) is 7.28. The van der Waals surface area contributed by atoms with Gasteiger partial charge < -0.3 is 11.1 Å². The second-order valence-corrected chi connectivity index (χ2v) is 5.54. The number of urea groups is 1. The van der Waals surface area contributed by atoms with Gasteiger partial charge in [0.2, 0.25) is 0 Å². The maximum absolute atomic E-state index is 10.8. The van der Waals surface area contributed by atoms with Crippen molar-refractivity contribution in [3.63, 3.8) is 0 Å². The molecule has 3 N–H and O–H groups in total. The molecule has 2 amide bonds. The second kappa shape index (κ2) is 5.95. The van der Waals surface area contributed by atoms with Gasteiger partial charge in [-0.1, -0.05) is 24.3 Å². The number of nitrogens with two attached hydrogens (primary N) is 1. The zero-order valence-corrected chi connectivity index (χ0v) is 11.9. The molecule has 3 rings (SSSR count). The van der Waals surface area contributed by atoms with Gasteiger partial charge >= 0.3 is 6.03 Å². The van der Waals surface area contributed by atoms with Gasteiger partial charge in [-0.25, -0.2) is 4.79 Å². The Balaban J connectivity index is 1.83. The molecule has 0 saturated heterocycles. The zero-order valence-electron chi connectivity index (χ0n) is 11.9. The standard InChI is InChI=1S/C17H19N3O/c18-17(21)20-10-12-6-7-16-13(9-12)3-1-5-15(16)14-4-2-8-19-11-14/h1-5,8,11-12H,6-7,9-10H2,(H3,18,20,21). The second-order valence-electron chi connectivity index (χ2n) is 5.54. The van der Waals surface area contributed by atoms with E-state index in [0.717, 1.165) is 19.3 Å². The van der Waals surface area contributed by atoms with Crippen LogP contribution in [0, 0.1) is 5.92 Å². The van der Waals surface area contributed by atoms with Gasteiger partial charge in [-0.3, -0.25) is 4.98 Å². The summed E-state index contributed by atoms with van der Waals surface area (Å²) in [5, 5.41) is 2.72. The molecule has 1 aliphatic carbocycles. The highest BCUT2D eigenvalue weighted by Crippen LogP contribution is 2.33. The highest BCUT2D eigenvalue weighted by atomic mass is 16.2. The molecule has 1 atom stereocenters. The molecule has 4 heteroatoms. The first-order valence-corrected chi connectivity index (χ1v) is 7.28. The summed E-state index contributed by atoms with van der Waals surface area (Å²) in [4.78, 5) is 15.0. The van der Waals surface area contributed by atoms with Crippen LogP contribution in [0.4, 0.5) is 4.79 Å². The fourth-order valence-corrected chi connectivity index (χ4v) is 3.09. The van der Waals surface area contributed by atoms with Crippen molar-refractivity contribution in [2.45, 2.75) is 19.3 Å². The molecular weight excluding hydrogens is 262 g/mol. The van der Waals surface area contributed by atoms with Crippen molar-refractivity contribution in [1.29, 1.82) is 0 Å². The van der Waals surface area contributed by atoms with E-state index in [2.05, 4.69) is 34.6 Å². The number of nitrogens with zero attached hydrogens (tertiary/aromatic N) is 1. The number of nitrogens with one attached hydrogen (secondary N) is 1. The van der Waals surface area contributed by atoms with Gasteiger partial charge in [-0.05, 0) is 47.9 Å². The number of hydrogen-bond acceptors (Lipinski definition) is 2. The average molecular weight is 281 g/mol. The predicted octanol–water partition coefficient (Wildman–Crippen LogP) is 2.52. The van der Waals surface area contributed by atoms with Gasteiger partial charge in [0.05, 0.1) is 0 Å². The SMILES string of the molecule is NC(=O)NCC1CCc2c(cccc2-c2cccnc2)C1. The van der Waals surface area contributed by atoms with E-state index in [0.29, 0.717) is 12.5 Å². The number of pyridine rings is 1. The first kappa shape index (κ1) is 13.6. The maximum atomic E-state index is 10.8. The van der Waals surface area contributed by atoms with Gasteiger partial charge in [0.1, 0.15) is 0 Å². The van der Waals surface area contributed by atoms with Crippen LogP contribution in [-0.4, -0.2) is 17.6 Å². The summed E-state index contributed by atoms with van der Waals surface area (Å²) in [6.45, 7) is 0.659. The Morgan fingerprint density at radius 3 is 3.00 bits per heavy atom. The monoisotopic (exact) mass is 281 g/mol. The number of amides is 2. The first-order chi connectivity index (χ1) is 10.2. The van der Waals surface area contributed by atoms with Crippen molar-refractivity contribution >= 4 is 6.03 Å². The smallest absolute Gasteiger partial charge is 0.312 e. The average Bonchev–Trinajstić information content (AvgIpc) is 2.53. The van der Waals surface area contributed by atoms with Crippen LogP contribution in [0.15, 0.2) is 42.7 Å². The number of fused-ring (bicyclic) bond motifs is 1. The Kier molecular flexibility index (Phi) is 3.86. The highest BCUT2D eigenvalue weighted by molar-refractivity contribution is 5.71. The largest absolute Gasteiger partial charge is 0.352 e. The molecule has 108 valence electrons. The molecule has 1 heterocycles. The van der Waals surface area contributed by atoms with Crippen LogP contribution in [0.2, 0.25) is 0 Å².